The summed E-state index contributed by atoms with van der Waals surface area (Å²) in [6.07, 6.45) is 4.72. The average molecular weight is 292 g/mol. The van der Waals surface area contributed by atoms with Crippen LogP contribution in [0.15, 0.2) is 18.2 Å². The predicted molar refractivity (Wildman–Crippen MR) is 80.1 cm³/mol. The Labute approximate surface area is 124 Å². The third-order valence-corrected chi connectivity index (χ3v) is 4.15. The summed E-state index contributed by atoms with van der Waals surface area (Å²) < 4.78 is 19.2. The number of benzene rings is 1. The second-order valence-electron chi connectivity index (χ2n) is 5.70. The monoisotopic (exact) mass is 292 g/mol. The minimum atomic E-state index is -0.442. The molecule has 1 unspecified atom stereocenters. The zero-order valence-corrected chi connectivity index (χ0v) is 12.1. The van der Waals surface area contributed by atoms with Crippen molar-refractivity contribution in [3.8, 4) is 0 Å². The van der Waals surface area contributed by atoms with Crippen molar-refractivity contribution < 1.29 is 13.9 Å². The largest absolute Gasteiger partial charge is 0.371 e. The van der Waals surface area contributed by atoms with Crippen molar-refractivity contribution >= 4 is 17.3 Å². The van der Waals surface area contributed by atoms with Crippen molar-refractivity contribution in [3.05, 3.63) is 24.0 Å². The van der Waals surface area contributed by atoms with Gasteiger partial charge in [0.05, 0.1) is 5.69 Å². The maximum atomic E-state index is 13.9. The van der Waals surface area contributed by atoms with E-state index in [1.807, 2.05) is 0 Å². The molecule has 1 amide bonds. The first-order valence-corrected chi connectivity index (χ1v) is 7.71. The van der Waals surface area contributed by atoms with Crippen LogP contribution < -0.4 is 10.2 Å². The Balaban J connectivity index is 1.72. The molecule has 2 saturated heterocycles. The molecular weight excluding hydrogens is 271 g/mol. The number of rotatable bonds is 3. The van der Waals surface area contributed by atoms with Gasteiger partial charge < -0.3 is 15.0 Å². The predicted octanol–water partition coefficient (Wildman–Crippen LogP) is 2.93. The third-order valence-electron chi connectivity index (χ3n) is 4.15. The quantitative estimate of drug-likeness (QED) is 0.931. The van der Waals surface area contributed by atoms with Gasteiger partial charge in [0, 0.05) is 25.4 Å². The number of nitrogens with zero attached hydrogens (tertiary/aromatic N) is 1. The van der Waals surface area contributed by atoms with Crippen LogP contribution in [0.25, 0.3) is 0 Å². The van der Waals surface area contributed by atoms with E-state index >= 15 is 0 Å². The van der Waals surface area contributed by atoms with E-state index < -0.39 is 11.9 Å². The lowest BCUT2D eigenvalue weighted by Gasteiger charge is -2.29. The lowest BCUT2D eigenvalue weighted by molar-refractivity contribution is -0.124. The first-order valence-electron chi connectivity index (χ1n) is 7.71. The van der Waals surface area contributed by atoms with Crippen LogP contribution in [-0.2, 0) is 9.53 Å². The van der Waals surface area contributed by atoms with Crippen LogP contribution in [0, 0.1) is 5.82 Å². The van der Waals surface area contributed by atoms with E-state index in [4.69, 9.17) is 4.74 Å². The SMILES string of the molecule is O=C(Nc1cc(N2CCCCC2)ccc1F)C1CCCO1. The Bertz CT molecular complexity index is 509. The van der Waals surface area contributed by atoms with Crippen LogP contribution in [0.5, 0.6) is 0 Å². The fraction of sp³-hybridized carbons (Fsp3) is 0.562. The zero-order chi connectivity index (χ0) is 14.7. The van der Waals surface area contributed by atoms with Gasteiger partial charge >= 0.3 is 0 Å². The van der Waals surface area contributed by atoms with E-state index in [2.05, 4.69) is 10.2 Å². The molecule has 21 heavy (non-hydrogen) atoms. The topological polar surface area (TPSA) is 41.6 Å². The molecule has 0 bridgehead atoms. The molecule has 5 heteroatoms. The van der Waals surface area contributed by atoms with Crippen molar-refractivity contribution in [2.24, 2.45) is 0 Å². The lowest BCUT2D eigenvalue weighted by Crippen LogP contribution is -2.30. The number of piperidine rings is 1. The molecule has 2 fully saturated rings. The molecule has 1 aromatic rings. The van der Waals surface area contributed by atoms with E-state index in [0.717, 1.165) is 38.0 Å². The number of hydrogen-bond donors (Lipinski definition) is 1. The molecule has 2 aliphatic rings. The van der Waals surface area contributed by atoms with Gasteiger partial charge in [0.1, 0.15) is 11.9 Å². The normalized spacial score (nSPS) is 22.3. The molecule has 0 saturated carbocycles. The summed E-state index contributed by atoms with van der Waals surface area (Å²) in [5.74, 6) is -0.649. The maximum Gasteiger partial charge on any atom is 0.253 e. The summed E-state index contributed by atoms with van der Waals surface area (Å²) in [5.41, 5.74) is 1.22. The molecule has 0 radical (unpaired) electrons. The molecule has 1 atom stereocenters. The minimum Gasteiger partial charge on any atom is -0.371 e. The van der Waals surface area contributed by atoms with Gasteiger partial charge in [-0.05, 0) is 50.3 Å². The molecule has 2 heterocycles. The van der Waals surface area contributed by atoms with Crippen molar-refractivity contribution in [3.63, 3.8) is 0 Å². The maximum absolute atomic E-state index is 13.9. The van der Waals surface area contributed by atoms with Crippen LogP contribution >= 0.6 is 0 Å². The number of carbonyl (C=O) groups excluding carboxylic acids is 1. The van der Waals surface area contributed by atoms with Gasteiger partial charge in [-0.25, -0.2) is 4.39 Å². The molecule has 0 spiro atoms. The fourth-order valence-corrected chi connectivity index (χ4v) is 2.96. The summed E-state index contributed by atoms with van der Waals surface area (Å²) in [6, 6.07) is 4.94. The molecular formula is C16H21FN2O2. The van der Waals surface area contributed by atoms with Crippen LogP contribution in [-0.4, -0.2) is 31.7 Å². The summed E-state index contributed by atoms with van der Waals surface area (Å²) >= 11 is 0. The van der Waals surface area contributed by atoms with Crippen LogP contribution in [0.3, 0.4) is 0 Å². The smallest absolute Gasteiger partial charge is 0.253 e. The number of halogens is 1. The molecule has 0 aromatic heterocycles. The van der Waals surface area contributed by atoms with Crippen molar-refractivity contribution in [2.45, 2.75) is 38.2 Å². The number of ether oxygens (including phenoxy) is 1. The van der Waals surface area contributed by atoms with Crippen molar-refractivity contribution in [1.29, 1.82) is 0 Å². The highest BCUT2D eigenvalue weighted by molar-refractivity contribution is 5.94. The Kier molecular flexibility index (Phi) is 4.39. The van der Waals surface area contributed by atoms with E-state index in [1.54, 1.807) is 12.1 Å². The van der Waals surface area contributed by atoms with E-state index in [1.165, 1.54) is 12.5 Å². The van der Waals surface area contributed by atoms with Gasteiger partial charge in [-0.1, -0.05) is 0 Å². The third kappa shape index (κ3) is 3.35. The Hall–Kier alpha value is -1.62. The first-order chi connectivity index (χ1) is 10.2. The Morgan fingerprint density at radius 2 is 2.05 bits per heavy atom. The highest BCUT2D eigenvalue weighted by atomic mass is 19.1. The minimum absolute atomic E-state index is 0.248. The summed E-state index contributed by atoms with van der Waals surface area (Å²) in [6.45, 7) is 2.59. The lowest BCUT2D eigenvalue weighted by atomic mass is 10.1. The number of nitrogens with one attached hydrogen (secondary N) is 1. The van der Waals surface area contributed by atoms with Crippen molar-refractivity contribution in [1.82, 2.24) is 0 Å². The summed E-state index contributed by atoms with van der Waals surface area (Å²) in [5, 5.41) is 2.67. The number of hydrogen-bond acceptors (Lipinski definition) is 3. The van der Waals surface area contributed by atoms with E-state index in [9.17, 15) is 9.18 Å². The first kappa shape index (κ1) is 14.3. The molecule has 3 rings (SSSR count). The molecule has 1 N–H and O–H groups in total. The molecule has 2 aliphatic heterocycles. The molecule has 114 valence electrons. The fourth-order valence-electron chi connectivity index (χ4n) is 2.96. The Morgan fingerprint density at radius 3 is 2.76 bits per heavy atom. The van der Waals surface area contributed by atoms with Crippen LogP contribution in [0.1, 0.15) is 32.1 Å². The summed E-state index contributed by atoms with van der Waals surface area (Å²) in [7, 11) is 0. The van der Waals surface area contributed by atoms with Crippen molar-refractivity contribution in [2.75, 3.05) is 29.9 Å². The van der Waals surface area contributed by atoms with Gasteiger partial charge in [0.2, 0.25) is 0 Å². The van der Waals surface area contributed by atoms with Gasteiger partial charge in [-0.3, -0.25) is 4.79 Å². The second kappa shape index (κ2) is 6.43. The van der Waals surface area contributed by atoms with Gasteiger partial charge in [-0.2, -0.15) is 0 Å². The van der Waals surface area contributed by atoms with Crippen LogP contribution in [0.4, 0.5) is 15.8 Å². The van der Waals surface area contributed by atoms with Gasteiger partial charge in [0.25, 0.3) is 5.91 Å². The van der Waals surface area contributed by atoms with E-state index in [0.29, 0.717) is 13.0 Å². The van der Waals surface area contributed by atoms with Crippen LogP contribution in [0.2, 0.25) is 0 Å². The zero-order valence-electron chi connectivity index (χ0n) is 12.1. The molecule has 1 aromatic carbocycles. The van der Waals surface area contributed by atoms with Gasteiger partial charge in [-0.15, -0.1) is 0 Å². The summed E-state index contributed by atoms with van der Waals surface area (Å²) in [4.78, 5) is 14.3. The Morgan fingerprint density at radius 1 is 1.24 bits per heavy atom. The molecule has 4 nitrogen and oxygen atoms in total. The standard InChI is InChI=1S/C16H21FN2O2/c17-13-7-6-12(19-8-2-1-3-9-19)11-14(13)18-16(20)15-5-4-10-21-15/h6-7,11,15H,1-5,8-10H2,(H,18,20). The van der Waals surface area contributed by atoms with Gasteiger partial charge in [0.15, 0.2) is 0 Å². The highest BCUT2D eigenvalue weighted by Gasteiger charge is 2.24. The van der Waals surface area contributed by atoms with E-state index in [-0.39, 0.29) is 11.6 Å². The second-order valence-corrected chi connectivity index (χ2v) is 5.70. The molecule has 0 aliphatic carbocycles. The average Bonchev–Trinajstić information content (AvgIpc) is 3.05. The highest BCUT2D eigenvalue weighted by Crippen LogP contribution is 2.26. The number of anilines is 2. The number of carbonyl (C=O) groups is 1. The number of amides is 1.